The number of nitrogens with one attached hydrogen (secondary N) is 1. The zero-order valence-electron chi connectivity index (χ0n) is 11.5. The monoisotopic (exact) mass is 276 g/mol. The van der Waals surface area contributed by atoms with E-state index in [0.717, 1.165) is 12.8 Å². The van der Waals surface area contributed by atoms with Crippen LogP contribution in [0.3, 0.4) is 0 Å². The molecule has 0 saturated heterocycles. The maximum absolute atomic E-state index is 12.4. The van der Waals surface area contributed by atoms with Gasteiger partial charge in [0.1, 0.15) is 5.41 Å². The topological polar surface area (TPSA) is 52.9 Å². The lowest BCUT2D eigenvalue weighted by molar-refractivity contribution is -0.134. The molecule has 1 aromatic rings. The van der Waals surface area contributed by atoms with Gasteiger partial charge in [0.25, 0.3) is 0 Å². The molecule has 2 rings (SSSR count). The highest BCUT2D eigenvalue weighted by molar-refractivity contribution is 7.10. The maximum Gasteiger partial charge on any atom is 0.241 e. The Kier molecular flexibility index (Phi) is 4.26. The minimum Gasteiger partial charge on any atom is -0.347 e. The standard InChI is InChI=1S/C15H20N2OS/c1-3-5-12(13-6-4-7-19-13)17-14(18)15(10-16)8-11(2)9-15/h4,6-7,11-12H,3,5,8-9H2,1-2H3,(H,17,18). The van der Waals surface area contributed by atoms with Crippen LogP contribution < -0.4 is 5.32 Å². The highest BCUT2D eigenvalue weighted by Gasteiger charge is 2.49. The van der Waals surface area contributed by atoms with Gasteiger partial charge in [0.05, 0.1) is 12.1 Å². The average Bonchev–Trinajstić information content (AvgIpc) is 2.87. The van der Waals surface area contributed by atoms with Gasteiger partial charge in [-0.2, -0.15) is 5.26 Å². The smallest absolute Gasteiger partial charge is 0.241 e. The van der Waals surface area contributed by atoms with Crippen molar-refractivity contribution in [2.75, 3.05) is 0 Å². The summed E-state index contributed by atoms with van der Waals surface area (Å²) in [5.41, 5.74) is -0.775. The van der Waals surface area contributed by atoms with E-state index in [0.29, 0.717) is 18.8 Å². The van der Waals surface area contributed by atoms with E-state index in [1.54, 1.807) is 11.3 Å². The van der Waals surface area contributed by atoms with Gasteiger partial charge in [-0.05, 0) is 36.6 Å². The number of hydrogen-bond acceptors (Lipinski definition) is 3. The van der Waals surface area contributed by atoms with Crippen molar-refractivity contribution in [2.45, 2.75) is 45.6 Å². The molecule has 0 aromatic carbocycles. The molecule has 1 saturated carbocycles. The van der Waals surface area contributed by atoms with Crippen molar-refractivity contribution in [1.82, 2.24) is 5.32 Å². The minimum atomic E-state index is -0.775. The van der Waals surface area contributed by atoms with Crippen LogP contribution in [0.25, 0.3) is 0 Å². The fourth-order valence-corrected chi connectivity index (χ4v) is 3.63. The van der Waals surface area contributed by atoms with Gasteiger partial charge < -0.3 is 5.32 Å². The van der Waals surface area contributed by atoms with Crippen molar-refractivity contribution >= 4 is 17.2 Å². The van der Waals surface area contributed by atoms with Crippen molar-refractivity contribution < 1.29 is 4.79 Å². The Balaban J connectivity index is 2.06. The van der Waals surface area contributed by atoms with E-state index in [2.05, 4.69) is 25.2 Å². The zero-order valence-corrected chi connectivity index (χ0v) is 12.3. The fraction of sp³-hybridized carbons (Fsp3) is 0.600. The van der Waals surface area contributed by atoms with Crippen LogP contribution in [-0.4, -0.2) is 5.91 Å². The van der Waals surface area contributed by atoms with Gasteiger partial charge in [0.15, 0.2) is 0 Å². The normalized spacial score (nSPS) is 27.1. The summed E-state index contributed by atoms with van der Waals surface area (Å²) in [7, 11) is 0. The largest absolute Gasteiger partial charge is 0.347 e. The van der Waals surface area contributed by atoms with Gasteiger partial charge in [-0.1, -0.05) is 26.3 Å². The number of hydrogen-bond donors (Lipinski definition) is 1. The third-order valence-electron chi connectivity index (χ3n) is 3.81. The van der Waals surface area contributed by atoms with Crippen molar-refractivity contribution in [3.8, 4) is 6.07 Å². The Bertz CT molecular complexity index is 469. The summed E-state index contributed by atoms with van der Waals surface area (Å²) in [6, 6.07) is 6.33. The molecule has 1 N–H and O–H groups in total. The molecular weight excluding hydrogens is 256 g/mol. The van der Waals surface area contributed by atoms with E-state index < -0.39 is 5.41 Å². The van der Waals surface area contributed by atoms with Crippen LogP contribution in [0.4, 0.5) is 0 Å². The van der Waals surface area contributed by atoms with E-state index in [4.69, 9.17) is 0 Å². The van der Waals surface area contributed by atoms with Crippen LogP contribution in [0.1, 0.15) is 50.4 Å². The Morgan fingerprint density at radius 2 is 2.42 bits per heavy atom. The zero-order chi connectivity index (χ0) is 13.9. The third-order valence-corrected chi connectivity index (χ3v) is 4.80. The number of rotatable bonds is 5. The van der Waals surface area contributed by atoms with Crippen LogP contribution in [-0.2, 0) is 4.79 Å². The summed E-state index contributed by atoms with van der Waals surface area (Å²) in [5, 5.41) is 14.4. The van der Waals surface area contributed by atoms with Crippen molar-refractivity contribution in [3.05, 3.63) is 22.4 Å². The Morgan fingerprint density at radius 1 is 1.68 bits per heavy atom. The quantitative estimate of drug-likeness (QED) is 0.892. The van der Waals surface area contributed by atoms with Gasteiger partial charge in [0.2, 0.25) is 5.91 Å². The van der Waals surface area contributed by atoms with Crippen molar-refractivity contribution in [1.29, 1.82) is 5.26 Å². The van der Waals surface area contributed by atoms with Crippen LogP contribution in [0.2, 0.25) is 0 Å². The van der Waals surface area contributed by atoms with E-state index in [9.17, 15) is 10.1 Å². The highest BCUT2D eigenvalue weighted by Crippen LogP contribution is 2.45. The molecule has 102 valence electrons. The van der Waals surface area contributed by atoms with Gasteiger partial charge in [-0.25, -0.2) is 0 Å². The van der Waals surface area contributed by atoms with Crippen LogP contribution in [0, 0.1) is 22.7 Å². The molecule has 0 radical (unpaired) electrons. The number of thiophene rings is 1. The highest BCUT2D eigenvalue weighted by atomic mass is 32.1. The van der Waals surface area contributed by atoms with Crippen molar-refractivity contribution in [2.24, 2.45) is 11.3 Å². The number of carbonyl (C=O) groups is 1. The van der Waals surface area contributed by atoms with E-state index in [-0.39, 0.29) is 11.9 Å². The lowest BCUT2D eigenvalue weighted by Gasteiger charge is -2.40. The minimum absolute atomic E-state index is 0.0543. The molecule has 1 atom stereocenters. The predicted molar refractivity (Wildman–Crippen MR) is 76.6 cm³/mol. The number of nitrogens with zero attached hydrogens (tertiary/aromatic N) is 1. The van der Waals surface area contributed by atoms with Crippen LogP contribution in [0.15, 0.2) is 17.5 Å². The lowest BCUT2D eigenvalue weighted by atomic mass is 9.63. The number of amides is 1. The molecule has 1 heterocycles. The Labute approximate surface area is 118 Å². The molecule has 1 amide bonds. The third kappa shape index (κ3) is 2.82. The first kappa shape index (κ1) is 14.1. The molecule has 1 aliphatic carbocycles. The molecule has 1 aromatic heterocycles. The molecule has 1 unspecified atom stereocenters. The second-order valence-corrected chi connectivity index (χ2v) is 6.52. The summed E-state index contributed by atoms with van der Waals surface area (Å²) >= 11 is 1.66. The van der Waals surface area contributed by atoms with Gasteiger partial charge >= 0.3 is 0 Å². The molecule has 19 heavy (non-hydrogen) atoms. The molecule has 0 spiro atoms. The Morgan fingerprint density at radius 3 is 2.89 bits per heavy atom. The van der Waals surface area contributed by atoms with E-state index in [1.165, 1.54) is 4.88 Å². The summed E-state index contributed by atoms with van der Waals surface area (Å²) in [4.78, 5) is 13.6. The van der Waals surface area contributed by atoms with Gasteiger partial charge in [-0.15, -0.1) is 11.3 Å². The molecule has 0 aliphatic heterocycles. The first-order chi connectivity index (χ1) is 9.11. The van der Waals surface area contributed by atoms with Gasteiger partial charge in [0, 0.05) is 4.88 Å². The Hall–Kier alpha value is -1.34. The summed E-state index contributed by atoms with van der Waals surface area (Å²) in [6.07, 6.45) is 3.32. The molecule has 1 aliphatic rings. The number of carbonyl (C=O) groups excluding carboxylic acids is 1. The van der Waals surface area contributed by atoms with Crippen LogP contribution >= 0.6 is 11.3 Å². The second-order valence-electron chi connectivity index (χ2n) is 5.54. The molecule has 4 heteroatoms. The van der Waals surface area contributed by atoms with Gasteiger partial charge in [-0.3, -0.25) is 4.79 Å². The first-order valence-corrected chi connectivity index (χ1v) is 7.75. The summed E-state index contributed by atoms with van der Waals surface area (Å²) in [6.45, 7) is 4.20. The molecule has 3 nitrogen and oxygen atoms in total. The van der Waals surface area contributed by atoms with E-state index in [1.807, 2.05) is 17.5 Å². The average molecular weight is 276 g/mol. The predicted octanol–water partition coefficient (Wildman–Crippen LogP) is 3.65. The maximum atomic E-state index is 12.4. The summed E-state index contributed by atoms with van der Waals surface area (Å²) < 4.78 is 0. The van der Waals surface area contributed by atoms with Crippen LogP contribution in [0.5, 0.6) is 0 Å². The SMILES string of the molecule is CCCC(NC(=O)C1(C#N)CC(C)C1)c1cccs1. The fourth-order valence-electron chi connectivity index (χ4n) is 2.82. The first-order valence-electron chi connectivity index (χ1n) is 6.87. The lowest BCUT2D eigenvalue weighted by Crippen LogP contribution is -2.48. The number of nitriles is 1. The van der Waals surface area contributed by atoms with Crippen molar-refractivity contribution in [3.63, 3.8) is 0 Å². The molecule has 1 fully saturated rings. The molecule has 0 bridgehead atoms. The second kappa shape index (κ2) is 5.75. The molecular formula is C15H20N2OS. The van der Waals surface area contributed by atoms with E-state index >= 15 is 0 Å². The summed E-state index contributed by atoms with van der Waals surface area (Å²) in [5.74, 6) is 0.400.